The summed E-state index contributed by atoms with van der Waals surface area (Å²) in [6, 6.07) is 6.84. The van der Waals surface area contributed by atoms with E-state index in [1.165, 1.54) is 24.3 Å². The van der Waals surface area contributed by atoms with Crippen LogP contribution in [0.5, 0.6) is 0 Å². The summed E-state index contributed by atoms with van der Waals surface area (Å²) in [6.45, 7) is 0.324. The molecule has 2 amide bonds. The number of hydrogen-bond donors (Lipinski definition) is 4. The molecule has 8 heteroatoms. The Hall–Kier alpha value is -2.92. The summed E-state index contributed by atoms with van der Waals surface area (Å²) in [5, 5.41) is 22.9. The van der Waals surface area contributed by atoms with Gasteiger partial charge < -0.3 is 21.5 Å². The van der Waals surface area contributed by atoms with Gasteiger partial charge in [-0.2, -0.15) is 5.26 Å². The third-order valence-corrected chi connectivity index (χ3v) is 3.31. The fourth-order valence-corrected chi connectivity index (χ4v) is 1.97. The number of carbonyl (C=O) groups is 3. The number of nitrogens with zero attached hydrogens (tertiary/aromatic N) is 1. The lowest BCUT2D eigenvalue weighted by Gasteiger charge is -2.14. The molecule has 0 spiro atoms. The number of nitriles is 1. The maximum Gasteiger partial charge on any atom is 0.326 e. The zero-order chi connectivity index (χ0) is 17.9. The minimum atomic E-state index is -1.12. The number of rotatable bonds is 9. The van der Waals surface area contributed by atoms with Gasteiger partial charge in [-0.05, 0) is 43.5 Å². The van der Waals surface area contributed by atoms with Gasteiger partial charge in [0.25, 0.3) is 5.91 Å². The molecule has 0 saturated carbocycles. The van der Waals surface area contributed by atoms with Crippen LogP contribution in [0.1, 0.15) is 35.2 Å². The van der Waals surface area contributed by atoms with Crippen molar-refractivity contribution in [2.24, 2.45) is 5.73 Å². The third-order valence-electron chi connectivity index (χ3n) is 3.31. The van der Waals surface area contributed by atoms with Crippen LogP contribution in [0.15, 0.2) is 24.3 Å². The highest BCUT2D eigenvalue weighted by molar-refractivity contribution is 5.96. The van der Waals surface area contributed by atoms with Gasteiger partial charge in [0.2, 0.25) is 5.91 Å². The van der Waals surface area contributed by atoms with E-state index in [4.69, 9.17) is 11.0 Å². The third kappa shape index (κ3) is 6.46. The number of unbranched alkanes of at least 4 members (excludes halogenated alkanes) is 1. The number of carboxylic acids is 1. The summed E-state index contributed by atoms with van der Waals surface area (Å²) < 4.78 is 0. The topological polar surface area (TPSA) is 145 Å². The van der Waals surface area contributed by atoms with Crippen molar-refractivity contribution < 1.29 is 19.5 Å². The first-order valence-electron chi connectivity index (χ1n) is 7.48. The molecule has 0 aliphatic carbocycles. The Kier molecular flexibility index (Phi) is 7.94. The molecule has 1 aromatic carbocycles. The molecule has 1 aromatic rings. The predicted molar refractivity (Wildman–Crippen MR) is 86.0 cm³/mol. The smallest absolute Gasteiger partial charge is 0.326 e. The van der Waals surface area contributed by atoms with Crippen LogP contribution in [0.2, 0.25) is 0 Å². The quantitative estimate of drug-likeness (QED) is 0.468. The van der Waals surface area contributed by atoms with E-state index in [0.29, 0.717) is 24.9 Å². The lowest BCUT2D eigenvalue weighted by molar-refractivity contribution is -0.139. The Labute approximate surface area is 139 Å². The molecule has 1 rings (SSSR count). The van der Waals surface area contributed by atoms with Crippen molar-refractivity contribution in [1.29, 1.82) is 5.26 Å². The van der Waals surface area contributed by atoms with Crippen LogP contribution >= 0.6 is 0 Å². The van der Waals surface area contributed by atoms with E-state index in [2.05, 4.69) is 10.6 Å². The molecule has 0 aliphatic rings. The van der Waals surface area contributed by atoms with Gasteiger partial charge in [-0.15, -0.1) is 0 Å². The van der Waals surface area contributed by atoms with Crippen molar-refractivity contribution in [3.8, 4) is 6.07 Å². The summed E-state index contributed by atoms with van der Waals surface area (Å²) in [6.07, 6.45) is 1.35. The van der Waals surface area contributed by atoms with Crippen LogP contribution in [0.4, 0.5) is 0 Å². The lowest BCUT2D eigenvalue weighted by Crippen LogP contribution is -2.40. The molecule has 0 aliphatic heterocycles. The van der Waals surface area contributed by atoms with Gasteiger partial charge in [0.1, 0.15) is 6.04 Å². The molecule has 24 heavy (non-hydrogen) atoms. The fraction of sp³-hybridized carbons (Fsp3) is 0.375. The minimum absolute atomic E-state index is 0.0849. The molecule has 0 aromatic heterocycles. The number of carboxylic acid groups (broad SMARTS) is 1. The zero-order valence-corrected chi connectivity index (χ0v) is 13.1. The van der Waals surface area contributed by atoms with Crippen molar-refractivity contribution in [2.45, 2.75) is 25.3 Å². The summed E-state index contributed by atoms with van der Waals surface area (Å²) in [7, 11) is 0. The van der Waals surface area contributed by atoms with Crippen molar-refractivity contribution in [3.63, 3.8) is 0 Å². The maximum atomic E-state index is 12.0. The zero-order valence-electron chi connectivity index (χ0n) is 13.1. The second kappa shape index (κ2) is 9.97. The molecular weight excluding hydrogens is 312 g/mol. The molecule has 0 radical (unpaired) electrons. The fourth-order valence-electron chi connectivity index (χ4n) is 1.97. The van der Waals surface area contributed by atoms with Crippen LogP contribution in [-0.4, -0.2) is 42.0 Å². The normalized spacial score (nSPS) is 11.2. The Morgan fingerprint density at radius 3 is 2.42 bits per heavy atom. The molecule has 0 bridgehead atoms. The molecule has 128 valence electrons. The Morgan fingerprint density at radius 2 is 1.88 bits per heavy atom. The van der Waals surface area contributed by atoms with E-state index in [-0.39, 0.29) is 24.4 Å². The number of nitrogens with one attached hydrogen (secondary N) is 2. The number of carbonyl (C=O) groups excluding carboxylic acids is 2. The van der Waals surface area contributed by atoms with Crippen molar-refractivity contribution in [2.75, 3.05) is 13.1 Å². The maximum absolute atomic E-state index is 12.0. The van der Waals surface area contributed by atoms with Crippen LogP contribution in [0, 0.1) is 11.3 Å². The van der Waals surface area contributed by atoms with Gasteiger partial charge in [0, 0.05) is 12.1 Å². The first kappa shape index (κ1) is 19.1. The van der Waals surface area contributed by atoms with E-state index >= 15 is 0 Å². The standard InChI is InChI=1S/C16H20N4O4/c17-9-11-4-6-12(7-5-11)15(22)20-13(16(23)24)3-1-2-8-19-14(21)10-18/h4-7,13H,1-3,8,10,18H2,(H,19,21)(H,20,22)(H,23,24)/t13-/m0/s1. The summed E-state index contributed by atoms with van der Waals surface area (Å²) in [4.78, 5) is 34.2. The van der Waals surface area contributed by atoms with E-state index in [0.717, 1.165) is 0 Å². The van der Waals surface area contributed by atoms with Gasteiger partial charge in [0.05, 0.1) is 18.2 Å². The van der Waals surface area contributed by atoms with Crippen LogP contribution in [0.25, 0.3) is 0 Å². The first-order chi connectivity index (χ1) is 11.5. The van der Waals surface area contributed by atoms with Crippen molar-refractivity contribution in [1.82, 2.24) is 10.6 Å². The Balaban J connectivity index is 2.47. The van der Waals surface area contributed by atoms with E-state index in [9.17, 15) is 19.5 Å². The monoisotopic (exact) mass is 332 g/mol. The highest BCUT2D eigenvalue weighted by Gasteiger charge is 2.20. The number of hydrogen-bond acceptors (Lipinski definition) is 5. The molecule has 0 heterocycles. The largest absolute Gasteiger partial charge is 0.480 e. The Morgan fingerprint density at radius 1 is 1.21 bits per heavy atom. The minimum Gasteiger partial charge on any atom is -0.480 e. The Bertz CT molecular complexity index is 622. The summed E-state index contributed by atoms with van der Waals surface area (Å²) in [5.41, 5.74) is 5.85. The average Bonchev–Trinajstić information content (AvgIpc) is 2.59. The first-order valence-corrected chi connectivity index (χ1v) is 7.48. The van der Waals surface area contributed by atoms with Gasteiger partial charge >= 0.3 is 5.97 Å². The van der Waals surface area contributed by atoms with Gasteiger partial charge in [-0.3, -0.25) is 9.59 Å². The summed E-state index contributed by atoms with van der Waals surface area (Å²) in [5.74, 6) is -1.90. The molecule has 5 N–H and O–H groups in total. The number of amides is 2. The van der Waals surface area contributed by atoms with Gasteiger partial charge in [-0.1, -0.05) is 0 Å². The SMILES string of the molecule is N#Cc1ccc(C(=O)N[C@@H](CCCCNC(=O)CN)C(=O)O)cc1. The van der Waals surface area contributed by atoms with Crippen LogP contribution < -0.4 is 16.4 Å². The molecule has 0 saturated heterocycles. The summed E-state index contributed by atoms with van der Waals surface area (Å²) >= 11 is 0. The highest BCUT2D eigenvalue weighted by atomic mass is 16.4. The van der Waals surface area contributed by atoms with Crippen LogP contribution in [-0.2, 0) is 9.59 Å². The van der Waals surface area contributed by atoms with Gasteiger partial charge in [-0.25, -0.2) is 4.79 Å². The van der Waals surface area contributed by atoms with Crippen molar-refractivity contribution >= 4 is 17.8 Å². The number of benzene rings is 1. The van der Waals surface area contributed by atoms with Crippen LogP contribution in [0.3, 0.4) is 0 Å². The highest BCUT2D eigenvalue weighted by Crippen LogP contribution is 2.06. The molecule has 1 atom stereocenters. The molecule has 8 nitrogen and oxygen atoms in total. The molecule has 0 fully saturated rings. The molecular formula is C16H20N4O4. The number of nitrogens with two attached hydrogens (primary N) is 1. The predicted octanol–water partition coefficient (Wildman–Crippen LogP) is -0.0135. The van der Waals surface area contributed by atoms with Gasteiger partial charge in [0.15, 0.2) is 0 Å². The van der Waals surface area contributed by atoms with E-state index in [1.807, 2.05) is 6.07 Å². The number of aliphatic carboxylic acids is 1. The van der Waals surface area contributed by atoms with E-state index in [1.54, 1.807) is 0 Å². The second-order valence-electron chi connectivity index (χ2n) is 5.10. The van der Waals surface area contributed by atoms with E-state index < -0.39 is 17.9 Å². The molecule has 0 unspecified atom stereocenters. The second-order valence-corrected chi connectivity index (χ2v) is 5.10. The average molecular weight is 332 g/mol. The van der Waals surface area contributed by atoms with Crippen molar-refractivity contribution in [3.05, 3.63) is 35.4 Å². The lowest BCUT2D eigenvalue weighted by atomic mass is 10.1.